The molecule has 0 radical (unpaired) electrons. The summed E-state index contributed by atoms with van der Waals surface area (Å²) in [5.41, 5.74) is -0.541. The van der Waals surface area contributed by atoms with Gasteiger partial charge in [0.25, 0.3) is 0 Å². The fourth-order valence-corrected chi connectivity index (χ4v) is 1.36. The first-order chi connectivity index (χ1) is 7.79. The molecule has 0 atom stereocenters. The van der Waals surface area contributed by atoms with E-state index in [1.807, 2.05) is 32.2 Å². The van der Waals surface area contributed by atoms with Gasteiger partial charge in [-0.25, -0.2) is 9.50 Å². The van der Waals surface area contributed by atoms with Gasteiger partial charge in [0.1, 0.15) is 5.82 Å². The molecule has 0 aliphatic heterocycles. The molecule has 2 N–H and O–H groups in total. The molecule has 5 heteroatoms. The van der Waals surface area contributed by atoms with Crippen LogP contribution in [0.1, 0.15) is 27.7 Å². The van der Waals surface area contributed by atoms with Crippen molar-refractivity contribution >= 4 is 11.5 Å². The van der Waals surface area contributed by atoms with Crippen LogP contribution in [0.3, 0.4) is 0 Å². The molecule has 92 valence electrons. The molecule has 0 aliphatic rings. The molecule has 0 saturated heterocycles. The Labute approximate surface area is 100 Å². The Morgan fingerprint density at radius 1 is 1.24 bits per heavy atom. The summed E-state index contributed by atoms with van der Waals surface area (Å²) in [5.74, 6) is 0.727. The molecule has 0 unspecified atom stereocenters. The number of hydrogen-bond donors (Lipinski definition) is 2. The highest BCUT2D eigenvalue weighted by atomic mass is 16.3. The van der Waals surface area contributed by atoms with Crippen molar-refractivity contribution in [2.24, 2.45) is 0 Å². The van der Waals surface area contributed by atoms with Crippen molar-refractivity contribution in [3.63, 3.8) is 0 Å². The van der Waals surface area contributed by atoms with Crippen molar-refractivity contribution in [3.05, 3.63) is 24.5 Å². The van der Waals surface area contributed by atoms with Gasteiger partial charge >= 0.3 is 0 Å². The van der Waals surface area contributed by atoms with Crippen molar-refractivity contribution in [2.75, 3.05) is 5.32 Å². The molecule has 0 bridgehead atoms. The zero-order valence-corrected chi connectivity index (χ0v) is 10.6. The van der Waals surface area contributed by atoms with E-state index in [-0.39, 0.29) is 0 Å². The van der Waals surface area contributed by atoms with Gasteiger partial charge in [0.2, 0.25) is 0 Å². The molecule has 17 heavy (non-hydrogen) atoms. The van der Waals surface area contributed by atoms with Gasteiger partial charge in [-0.1, -0.05) is 0 Å². The van der Waals surface area contributed by atoms with Gasteiger partial charge in [0.05, 0.1) is 17.3 Å². The summed E-state index contributed by atoms with van der Waals surface area (Å²) in [4.78, 5) is 4.41. The van der Waals surface area contributed by atoms with E-state index in [2.05, 4.69) is 15.4 Å². The van der Waals surface area contributed by atoms with Crippen LogP contribution in [-0.4, -0.2) is 30.8 Å². The van der Waals surface area contributed by atoms with Crippen LogP contribution in [0.2, 0.25) is 0 Å². The summed E-state index contributed by atoms with van der Waals surface area (Å²) >= 11 is 0. The van der Waals surface area contributed by atoms with Crippen LogP contribution in [0, 0.1) is 0 Å². The lowest BCUT2D eigenvalue weighted by Crippen LogP contribution is -2.51. The Morgan fingerprint density at radius 2 is 1.94 bits per heavy atom. The van der Waals surface area contributed by atoms with Crippen LogP contribution in [0.4, 0.5) is 5.82 Å². The van der Waals surface area contributed by atoms with Crippen LogP contribution < -0.4 is 5.32 Å². The van der Waals surface area contributed by atoms with Gasteiger partial charge in [-0.2, -0.15) is 5.10 Å². The first-order valence-corrected chi connectivity index (χ1v) is 5.60. The van der Waals surface area contributed by atoms with E-state index in [4.69, 9.17) is 0 Å². The van der Waals surface area contributed by atoms with E-state index in [1.165, 1.54) is 0 Å². The van der Waals surface area contributed by atoms with E-state index in [9.17, 15) is 5.11 Å². The number of aliphatic hydroxyl groups is 1. The molecular formula is C12H18N4O. The fraction of sp³-hybridized carbons (Fsp3) is 0.500. The van der Waals surface area contributed by atoms with E-state index in [1.54, 1.807) is 24.6 Å². The lowest BCUT2D eigenvalue weighted by molar-refractivity contribution is 0.0239. The van der Waals surface area contributed by atoms with Gasteiger partial charge in [-0.15, -0.1) is 0 Å². The standard InChI is InChI=1S/C12H18N4O/c1-11(2,12(3,4)17)15-9-6-8-16-10(14-9)5-7-13-16/h5-8,17H,1-4H3,(H,14,15). The first kappa shape index (κ1) is 11.9. The van der Waals surface area contributed by atoms with Crippen LogP contribution in [0.15, 0.2) is 24.5 Å². The maximum Gasteiger partial charge on any atom is 0.157 e. The monoisotopic (exact) mass is 234 g/mol. The van der Waals surface area contributed by atoms with E-state index >= 15 is 0 Å². The summed E-state index contributed by atoms with van der Waals surface area (Å²) in [5, 5.41) is 17.4. The quantitative estimate of drug-likeness (QED) is 0.848. The molecule has 5 nitrogen and oxygen atoms in total. The van der Waals surface area contributed by atoms with Crippen molar-refractivity contribution in [1.29, 1.82) is 0 Å². The van der Waals surface area contributed by atoms with Crippen LogP contribution in [-0.2, 0) is 0 Å². The Hall–Kier alpha value is -1.62. The molecule has 2 aromatic heterocycles. The molecule has 0 aromatic carbocycles. The average Bonchev–Trinajstić information content (AvgIpc) is 2.62. The van der Waals surface area contributed by atoms with Gasteiger partial charge in [-0.05, 0) is 33.8 Å². The molecule has 2 heterocycles. The Kier molecular flexibility index (Phi) is 2.58. The van der Waals surface area contributed by atoms with Crippen LogP contribution in [0.25, 0.3) is 5.65 Å². The highest BCUT2D eigenvalue weighted by Crippen LogP contribution is 2.25. The summed E-state index contributed by atoms with van der Waals surface area (Å²) in [6.45, 7) is 7.43. The highest BCUT2D eigenvalue weighted by molar-refractivity contribution is 5.47. The Bertz CT molecular complexity index is 525. The van der Waals surface area contributed by atoms with Crippen LogP contribution >= 0.6 is 0 Å². The number of rotatable bonds is 3. The Balaban J connectivity index is 2.29. The lowest BCUT2D eigenvalue weighted by Gasteiger charge is -2.38. The molecule has 2 aromatic rings. The molecule has 0 spiro atoms. The molecule has 0 aliphatic carbocycles. The number of anilines is 1. The minimum Gasteiger partial charge on any atom is -0.388 e. The minimum atomic E-state index is -0.846. The second-order valence-corrected chi connectivity index (χ2v) is 5.26. The third kappa shape index (κ3) is 2.24. The first-order valence-electron chi connectivity index (χ1n) is 5.60. The lowest BCUT2D eigenvalue weighted by atomic mass is 9.86. The third-order valence-corrected chi connectivity index (χ3v) is 3.23. The van der Waals surface area contributed by atoms with Gasteiger partial charge in [0.15, 0.2) is 5.65 Å². The summed E-state index contributed by atoms with van der Waals surface area (Å²) in [7, 11) is 0. The van der Waals surface area contributed by atoms with E-state index in [0.29, 0.717) is 0 Å². The summed E-state index contributed by atoms with van der Waals surface area (Å²) < 4.78 is 1.70. The predicted molar refractivity (Wildman–Crippen MR) is 67.0 cm³/mol. The van der Waals surface area contributed by atoms with Crippen molar-refractivity contribution in [2.45, 2.75) is 38.8 Å². The maximum atomic E-state index is 10.1. The predicted octanol–water partition coefficient (Wildman–Crippen LogP) is 1.69. The zero-order valence-electron chi connectivity index (χ0n) is 10.6. The third-order valence-electron chi connectivity index (χ3n) is 3.23. The number of nitrogens with one attached hydrogen (secondary N) is 1. The Morgan fingerprint density at radius 3 is 2.59 bits per heavy atom. The highest BCUT2D eigenvalue weighted by Gasteiger charge is 2.35. The summed E-state index contributed by atoms with van der Waals surface area (Å²) in [6, 6.07) is 3.68. The number of fused-ring (bicyclic) bond motifs is 1. The van der Waals surface area contributed by atoms with Crippen LogP contribution in [0.5, 0.6) is 0 Å². The smallest absolute Gasteiger partial charge is 0.157 e. The average molecular weight is 234 g/mol. The van der Waals surface area contributed by atoms with Gasteiger partial charge in [-0.3, -0.25) is 0 Å². The maximum absolute atomic E-state index is 10.1. The molecule has 0 amide bonds. The normalized spacial score (nSPS) is 13.0. The van der Waals surface area contributed by atoms with Crippen molar-refractivity contribution in [1.82, 2.24) is 14.6 Å². The topological polar surface area (TPSA) is 62.5 Å². The summed E-state index contributed by atoms with van der Waals surface area (Å²) in [6.07, 6.45) is 3.54. The van der Waals surface area contributed by atoms with Gasteiger partial charge in [0, 0.05) is 12.3 Å². The second-order valence-electron chi connectivity index (χ2n) is 5.26. The van der Waals surface area contributed by atoms with Crippen molar-refractivity contribution < 1.29 is 5.11 Å². The number of hydrogen-bond acceptors (Lipinski definition) is 4. The molecular weight excluding hydrogens is 216 g/mol. The molecule has 0 saturated carbocycles. The van der Waals surface area contributed by atoms with Gasteiger partial charge < -0.3 is 10.4 Å². The van der Waals surface area contributed by atoms with E-state index in [0.717, 1.165) is 11.5 Å². The number of aromatic nitrogens is 3. The number of nitrogens with zero attached hydrogens (tertiary/aromatic N) is 3. The molecule has 0 fully saturated rings. The van der Waals surface area contributed by atoms with E-state index < -0.39 is 11.1 Å². The zero-order chi connectivity index (χ0) is 12.7. The fourth-order valence-electron chi connectivity index (χ4n) is 1.36. The second kappa shape index (κ2) is 3.70. The minimum absolute atomic E-state index is 0.474. The van der Waals surface area contributed by atoms with Crippen molar-refractivity contribution in [3.8, 4) is 0 Å². The largest absolute Gasteiger partial charge is 0.388 e. The SMILES string of the molecule is CC(C)(O)C(C)(C)Nc1ccn2nccc2n1. The molecule has 2 rings (SSSR count).